The van der Waals surface area contributed by atoms with Gasteiger partial charge in [0, 0.05) is 11.4 Å². The summed E-state index contributed by atoms with van der Waals surface area (Å²) in [6.45, 7) is 5.40. The molecular weight excluding hydrogens is 304 g/mol. The van der Waals surface area contributed by atoms with Gasteiger partial charge in [-0.3, -0.25) is 4.79 Å². The number of hydrogen-bond acceptors (Lipinski definition) is 4. The lowest BCUT2D eigenvalue weighted by molar-refractivity contribution is -0.123. The molecule has 0 aromatic heterocycles. The van der Waals surface area contributed by atoms with Crippen LogP contribution in [0.15, 0.2) is 42.5 Å². The first-order chi connectivity index (χ1) is 11.4. The lowest BCUT2D eigenvalue weighted by atomic mass is 10.1. The van der Waals surface area contributed by atoms with Crippen LogP contribution in [0.4, 0.5) is 11.4 Å². The van der Waals surface area contributed by atoms with Crippen molar-refractivity contribution in [3.05, 3.63) is 59.2 Å². The van der Waals surface area contributed by atoms with Crippen LogP contribution >= 0.6 is 0 Å². The molecule has 0 spiro atoms. The first-order valence-corrected chi connectivity index (χ1v) is 7.88. The number of amides is 1. The van der Waals surface area contributed by atoms with Gasteiger partial charge in [0.05, 0.1) is 5.56 Å². The van der Waals surface area contributed by atoms with Crippen LogP contribution in [0.3, 0.4) is 0 Å². The highest BCUT2D eigenvalue weighted by atomic mass is 16.5. The third kappa shape index (κ3) is 4.13. The SMILES string of the molecule is CCc1ccc(NC(=O)[C@@H](C)OC(=O)c2cccc(C)c2N)cc1. The van der Waals surface area contributed by atoms with E-state index in [2.05, 4.69) is 12.2 Å². The predicted octanol–water partition coefficient (Wildman–Crippen LogP) is 3.32. The van der Waals surface area contributed by atoms with E-state index in [4.69, 9.17) is 10.5 Å². The summed E-state index contributed by atoms with van der Waals surface area (Å²) >= 11 is 0. The topological polar surface area (TPSA) is 81.4 Å². The van der Waals surface area contributed by atoms with Gasteiger partial charge in [-0.25, -0.2) is 4.79 Å². The summed E-state index contributed by atoms with van der Waals surface area (Å²) in [5, 5.41) is 2.73. The highest BCUT2D eigenvalue weighted by Crippen LogP contribution is 2.18. The molecule has 0 heterocycles. The standard InChI is InChI=1S/C19H22N2O3/c1-4-14-8-10-15(11-9-14)21-18(22)13(3)24-19(23)16-7-5-6-12(2)17(16)20/h5-11,13H,4,20H2,1-3H3,(H,21,22)/t13-/m1/s1. The van der Waals surface area contributed by atoms with Crippen LogP contribution in [-0.4, -0.2) is 18.0 Å². The molecule has 0 unspecified atom stereocenters. The van der Waals surface area contributed by atoms with E-state index in [0.717, 1.165) is 12.0 Å². The molecule has 0 radical (unpaired) electrons. The Kier molecular flexibility index (Phi) is 5.58. The molecule has 0 aliphatic rings. The zero-order chi connectivity index (χ0) is 17.7. The number of carbonyl (C=O) groups excluding carboxylic acids is 2. The van der Waals surface area contributed by atoms with Crippen molar-refractivity contribution >= 4 is 23.3 Å². The van der Waals surface area contributed by atoms with Gasteiger partial charge in [0.1, 0.15) is 0 Å². The number of anilines is 2. The third-order valence-corrected chi connectivity index (χ3v) is 3.83. The number of esters is 1. The molecule has 0 aliphatic heterocycles. The van der Waals surface area contributed by atoms with Crippen LogP contribution < -0.4 is 11.1 Å². The van der Waals surface area contributed by atoms with E-state index >= 15 is 0 Å². The van der Waals surface area contributed by atoms with Crippen LogP contribution in [0.25, 0.3) is 0 Å². The lowest BCUT2D eigenvalue weighted by Gasteiger charge is -2.15. The summed E-state index contributed by atoms with van der Waals surface area (Å²) in [4.78, 5) is 24.4. The fraction of sp³-hybridized carbons (Fsp3) is 0.263. The van der Waals surface area contributed by atoms with E-state index in [9.17, 15) is 9.59 Å². The Hall–Kier alpha value is -2.82. The highest BCUT2D eigenvalue weighted by molar-refractivity contribution is 5.99. The molecule has 24 heavy (non-hydrogen) atoms. The molecule has 5 heteroatoms. The van der Waals surface area contributed by atoms with Crippen LogP contribution in [-0.2, 0) is 16.0 Å². The largest absolute Gasteiger partial charge is 0.449 e. The van der Waals surface area contributed by atoms with Gasteiger partial charge in [0.15, 0.2) is 6.10 Å². The number of ether oxygens (including phenoxy) is 1. The maximum Gasteiger partial charge on any atom is 0.341 e. The number of para-hydroxylation sites is 1. The molecule has 0 saturated carbocycles. The Morgan fingerprint density at radius 2 is 1.83 bits per heavy atom. The molecule has 2 rings (SSSR count). The summed E-state index contributed by atoms with van der Waals surface area (Å²) < 4.78 is 5.22. The maximum atomic E-state index is 12.2. The number of nitrogens with two attached hydrogens (primary N) is 1. The van der Waals surface area contributed by atoms with Crippen LogP contribution in [0.2, 0.25) is 0 Å². The lowest BCUT2D eigenvalue weighted by Crippen LogP contribution is -2.30. The van der Waals surface area contributed by atoms with Gasteiger partial charge in [-0.2, -0.15) is 0 Å². The van der Waals surface area contributed by atoms with Gasteiger partial charge in [0.25, 0.3) is 5.91 Å². The van der Waals surface area contributed by atoms with Crippen molar-refractivity contribution in [2.45, 2.75) is 33.3 Å². The van der Waals surface area contributed by atoms with Gasteiger partial charge in [-0.15, -0.1) is 0 Å². The minimum atomic E-state index is -0.928. The quantitative estimate of drug-likeness (QED) is 0.652. The molecule has 5 nitrogen and oxygen atoms in total. The van der Waals surface area contributed by atoms with E-state index in [1.54, 1.807) is 12.1 Å². The molecule has 3 N–H and O–H groups in total. The molecule has 0 bridgehead atoms. The number of nitrogens with one attached hydrogen (secondary N) is 1. The van der Waals surface area contributed by atoms with Crippen molar-refractivity contribution < 1.29 is 14.3 Å². The van der Waals surface area contributed by atoms with Crippen LogP contribution in [0, 0.1) is 6.92 Å². The van der Waals surface area contributed by atoms with Gasteiger partial charge in [0.2, 0.25) is 0 Å². The fourth-order valence-corrected chi connectivity index (χ4v) is 2.20. The molecule has 0 saturated heterocycles. The van der Waals surface area contributed by atoms with Crippen molar-refractivity contribution in [3.63, 3.8) is 0 Å². The predicted molar refractivity (Wildman–Crippen MR) is 94.9 cm³/mol. The summed E-state index contributed by atoms with van der Waals surface area (Å²) in [7, 11) is 0. The minimum Gasteiger partial charge on any atom is -0.449 e. The second kappa shape index (κ2) is 7.64. The normalized spacial score (nSPS) is 11.6. The molecule has 0 fully saturated rings. The van der Waals surface area contributed by atoms with Crippen molar-refractivity contribution in [3.8, 4) is 0 Å². The Labute approximate surface area is 141 Å². The second-order valence-electron chi connectivity index (χ2n) is 5.62. The summed E-state index contributed by atoms with van der Waals surface area (Å²) in [5.74, 6) is -1.00. The second-order valence-corrected chi connectivity index (χ2v) is 5.62. The zero-order valence-corrected chi connectivity index (χ0v) is 14.1. The number of carbonyl (C=O) groups is 2. The van der Waals surface area contributed by atoms with E-state index < -0.39 is 12.1 Å². The van der Waals surface area contributed by atoms with Gasteiger partial charge >= 0.3 is 5.97 Å². The average Bonchev–Trinajstić information content (AvgIpc) is 2.57. The van der Waals surface area contributed by atoms with Gasteiger partial charge in [-0.1, -0.05) is 31.2 Å². The average molecular weight is 326 g/mol. The summed E-state index contributed by atoms with van der Waals surface area (Å²) in [6.07, 6.45) is 0.00318. The molecule has 126 valence electrons. The van der Waals surface area contributed by atoms with E-state index in [1.807, 2.05) is 37.3 Å². The zero-order valence-electron chi connectivity index (χ0n) is 14.1. The third-order valence-electron chi connectivity index (χ3n) is 3.83. The Morgan fingerprint density at radius 1 is 1.17 bits per heavy atom. The molecular formula is C19H22N2O3. The first-order valence-electron chi connectivity index (χ1n) is 7.88. The van der Waals surface area contributed by atoms with Gasteiger partial charge in [-0.05, 0) is 49.6 Å². The monoisotopic (exact) mass is 326 g/mol. The van der Waals surface area contributed by atoms with E-state index in [0.29, 0.717) is 11.4 Å². The molecule has 1 amide bonds. The van der Waals surface area contributed by atoms with E-state index in [1.165, 1.54) is 12.5 Å². The molecule has 2 aromatic carbocycles. The minimum absolute atomic E-state index is 0.266. The Balaban J connectivity index is 2.00. The molecule has 1 atom stereocenters. The Morgan fingerprint density at radius 3 is 2.46 bits per heavy atom. The number of nitrogen functional groups attached to an aromatic ring is 1. The van der Waals surface area contributed by atoms with E-state index in [-0.39, 0.29) is 11.5 Å². The summed E-state index contributed by atoms with van der Waals surface area (Å²) in [6, 6.07) is 12.6. The number of hydrogen-bond donors (Lipinski definition) is 2. The summed E-state index contributed by atoms with van der Waals surface area (Å²) in [5.41, 5.74) is 9.15. The number of rotatable bonds is 5. The van der Waals surface area contributed by atoms with Gasteiger partial charge < -0.3 is 15.8 Å². The van der Waals surface area contributed by atoms with Crippen molar-refractivity contribution in [2.75, 3.05) is 11.1 Å². The molecule has 2 aromatic rings. The Bertz CT molecular complexity index is 739. The number of aryl methyl sites for hydroxylation is 2. The fourth-order valence-electron chi connectivity index (χ4n) is 2.20. The van der Waals surface area contributed by atoms with Crippen molar-refractivity contribution in [1.29, 1.82) is 0 Å². The highest BCUT2D eigenvalue weighted by Gasteiger charge is 2.20. The number of benzene rings is 2. The van der Waals surface area contributed by atoms with Crippen LogP contribution in [0.1, 0.15) is 35.3 Å². The van der Waals surface area contributed by atoms with Crippen molar-refractivity contribution in [2.24, 2.45) is 0 Å². The van der Waals surface area contributed by atoms with Crippen LogP contribution in [0.5, 0.6) is 0 Å². The smallest absolute Gasteiger partial charge is 0.341 e. The molecule has 0 aliphatic carbocycles. The first kappa shape index (κ1) is 17.5. The van der Waals surface area contributed by atoms with Crippen molar-refractivity contribution in [1.82, 2.24) is 0 Å². The maximum absolute atomic E-state index is 12.2.